The Morgan fingerprint density at radius 2 is 2.18 bits per heavy atom. The highest BCUT2D eigenvalue weighted by molar-refractivity contribution is 5.20. The monoisotopic (exact) mass is 234 g/mol. The molecule has 3 heteroatoms. The predicted molar refractivity (Wildman–Crippen MR) is 69.1 cm³/mol. The van der Waals surface area contributed by atoms with E-state index in [-0.39, 0.29) is 0 Å². The number of pyridine rings is 1. The minimum absolute atomic E-state index is 0.380. The second-order valence-corrected chi connectivity index (χ2v) is 4.66. The fraction of sp³-hybridized carbons (Fsp3) is 0.643. The van der Waals surface area contributed by atoms with E-state index in [0.29, 0.717) is 6.10 Å². The van der Waals surface area contributed by atoms with Crippen LogP contribution in [-0.2, 0) is 6.54 Å². The van der Waals surface area contributed by atoms with Gasteiger partial charge in [0, 0.05) is 18.8 Å². The molecule has 0 atom stereocenters. The van der Waals surface area contributed by atoms with Gasteiger partial charge in [0.2, 0.25) is 5.88 Å². The highest BCUT2D eigenvalue weighted by atomic mass is 16.5. The second-order valence-electron chi connectivity index (χ2n) is 4.66. The Labute approximate surface area is 104 Å². The fourth-order valence-corrected chi connectivity index (χ4v) is 2.25. The molecular formula is C14H22N2O. The summed E-state index contributed by atoms with van der Waals surface area (Å²) in [6.45, 7) is 3.99. The van der Waals surface area contributed by atoms with Gasteiger partial charge in [0.25, 0.3) is 0 Å². The minimum Gasteiger partial charge on any atom is -0.474 e. The molecule has 0 radical (unpaired) electrons. The van der Waals surface area contributed by atoms with Crippen molar-refractivity contribution in [3.63, 3.8) is 0 Å². The predicted octanol–water partition coefficient (Wildman–Crippen LogP) is 2.90. The third-order valence-corrected chi connectivity index (χ3v) is 3.22. The first-order valence-corrected chi connectivity index (χ1v) is 6.71. The van der Waals surface area contributed by atoms with Crippen LogP contribution in [0.2, 0.25) is 0 Å². The lowest BCUT2D eigenvalue weighted by molar-refractivity contribution is 0.148. The Hall–Kier alpha value is -1.09. The van der Waals surface area contributed by atoms with E-state index in [9.17, 15) is 0 Å². The lowest BCUT2D eigenvalue weighted by Crippen LogP contribution is -2.20. The van der Waals surface area contributed by atoms with E-state index in [1.807, 2.05) is 12.3 Å². The Bertz CT molecular complexity index is 335. The third kappa shape index (κ3) is 4.00. The van der Waals surface area contributed by atoms with Gasteiger partial charge in [-0.25, -0.2) is 4.98 Å². The van der Waals surface area contributed by atoms with Gasteiger partial charge in [0.15, 0.2) is 0 Å². The van der Waals surface area contributed by atoms with E-state index >= 15 is 0 Å². The van der Waals surface area contributed by atoms with Crippen LogP contribution in [0.25, 0.3) is 0 Å². The van der Waals surface area contributed by atoms with E-state index in [1.165, 1.54) is 37.7 Å². The van der Waals surface area contributed by atoms with Gasteiger partial charge in [-0.1, -0.05) is 13.3 Å². The summed E-state index contributed by atoms with van der Waals surface area (Å²) in [5.74, 6) is 0.785. The molecule has 0 aromatic carbocycles. The molecule has 0 bridgehead atoms. The fourth-order valence-electron chi connectivity index (χ4n) is 2.25. The molecule has 1 aromatic heterocycles. The van der Waals surface area contributed by atoms with Crippen molar-refractivity contribution in [1.82, 2.24) is 10.3 Å². The van der Waals surface area contributed by atoms with Crippen LogP contribution < -0.4 is 10.1 Å². The second kappa shape index (κ2) is 6.60. The van der Waals surface area contributed by atoms with Gasteiger partial charge in [-0.3, -0.25) is 0 Å². The number of aromatic nitrogens is 1. The van der Waals surface area contributed by atoms with Crippen LogP contribution in [0, 0.1) is 0 Å². The molecule has 17 heavy (non-hydrogen) atoms. The standard InChI is InChI=1S/C14H22N2O/c1-2-15-11-12-8-9-16-14(10-12)17-13-6-4-3-5-7-13/h8-10,13,15H,2-7,11H2,1H3. The smallest absolute Gasteiger partial charge is 0.213 e. The normalized spacial score (nSPS) is 17.0. The quantitative estimate of drug-likeness (QED) is 0.850. The zero-order chi connectivity index (χ0) is 11.9. The maximum atomic E-state index is 5.94. The number of hydrogen-bond donors (Lipinski definition) is 1. The van der Waals surface area contributed by atoms with Gasteiger partial charge in [0.05, 0.1) is 0 Å². The van der Waals surface area contributed by atoms with Crippen molar-refractivity contribution >= 4 is 0 Å². The van der Waals surface area contributed by atoms with Crippen molar-refractivity contribution in [2.75, 3.05) is 6.54 Å². The number of ether oxygens (including phenoxy) is 1. The highest BCUT2D eigenvalue weighted by Gasteiger charge is 2.15. The zero-order valence-electron chi connectivity index (χ0n) is 10.6. The summed E-state index contributed by atoms with van der Waals surface area (Å²) >= 11 is 0. The molecule has 3 nitrogen and oxygen atoms in total. The van der Waals surface area contributed by atoms with Crippen molar-refractivity contribution in [3.05, 3.63) is 23.9 Å². The van der Waals surface area contributed by atoms with Crippen LogP contribution >= 0.6 is 0 Å². The van der Waals surface area contributed by atoms with Crippen molar-refractivity contribution in [2.45, 2.75) is 51.7 Å². The Morgan fingerprint density at radius 1 is 1.35 bits per heavy atom. The van der Waals surface area contributed by atoms with Crippen LogP contribution in [-0.4, -0.2) is 17.6 Å². The summed E-state index contributed by atoms with van der Waals surface area (Å²) in [7, 11) is 0. The maximum Gasteiger partial charge on any atom is 0.213 e. The topological polar surface area (TPSA) is 34.2 Å². The van der Waals surface area contributed by atoms with Crippen molar-refractivity contribution in [2.24, 2.45) is 0 Å². The van der Waals surface area contributed by atoms with Crippen LogP contribution in [0.15, 0.2) is 18.3 Å². The van der Waals surface area contributed by atoms with Crippen LogP contribution in [0.4, 0.5) is 0 Å². The van der Waals surface area contributed by atoms with Crippen LogP contribution in [0.1, 0.15) is 44.6 Å². The Balaban J connectivity index is 1.90. The molecule has 1 aliphatic rings. The molecule has 1 aliphatic carbocycles. The molecule has 2 rings (SSSR count). The van der Waals surface area contributed by atoms with E-state index < -0.39 is 0 Å². The summed E-state index contributed by atoms with van der Waals surface area (Å²) in [6, 6.07) is 4.09. The van der Waals surface area contributed by atoms with E-state index in [2.05, 4.69) is 23.3 Å². The summed E-state index contributed by atoms with van der Waals surface area (Å²) in [5.41, 5.74) is 1.24. The first-order valence-electron chi connectivity index (χ1n) is 6.71. The van der Waals surface area contributed by atoms with Crippen molar-refractivity contribution in [1.29, 1.82) is 0 Å². The highest BCUT2D eigenvalue weighted by Crippen LogP contribution is 2.22. The first-order chi connectivity index (χ1) is 8.38. The largest absolute Gasteiger partial charge is 0.474 e. The van der Waals surface area contributed by atoms with Crippen LogP contribution in [0.5, 0.6) is 5.88 Å². The lowest BCUT2D eigenvalue weighted by Gasteiger charge is -2.22. The molecule has 1 saturated carbocycles. The molecule has 0 aliphatic heterocycles. The first kappa shape index (κ1) is 12.4. The zero-order valence-corrected chi connectivity index (χ0v) is 10.6. The molecule has 0 amide bonds. The van der Waals surface area contributed by atoms with Gasteiger partial charge in [-0.2, -0.15) is 0 Å². The molecule has 1 aromatic rings. The molecule has 0 unspecified atom stereocenters. The van der Waals surface area contributed by atoms with Gasteiger partial charge in [-0.15, -0.1) is 0 Å². The minimum atomic E-state index is 0.380. The molecule has 0 spiro atoms. The Morgan fingerprint density at radius 3 is 2.94 bits per heavy atom. The number of hydrogen-bond acceptors (Lipinski definition) is 3. The average Bonchev–Trinajstić information content (AvgIpc) is 2.38. The lowest BCUT2D eigenvalue weighted by atomic mass is 9.98. The molecule has 1 N–H and O–H groups in total. The summed E-state index contributed by atoms with van der Waals surface area (Å²) in [5, 5.41) is 3.31. The molecule has 1 fully saturated rings. The number of nitrogens with zero attached hydrogens (tertiary/aromatic N) is 1. The molecule has 94 valence electrons. The molecule has 1 heterocycles. The van der Waals surface area contributed by atoms with Gasteiger partial charge in [-0.05, 0) is 43.9 Å². The van der Waals surface area contributed by atoms with Gasteiger partial charge < -0.3 is 10.1 Å². The summed E-state index contributed by atoms with van der Waals surface area (Å²) in [6.07, 6.45) is 8.52. The Kier molecular flexibility index (Phi) is 4.80. The van der Waals surface area contributed by atoms with Gasteiger partial charge >= 0.3 is 0 Å². The molecule has 0 saturated heterocycles. The number of rotatable bonds is 5. The maximum absolute atomic E-state index is 5.94. The third-order valence-electron chi connectivity index (χ3n) is 3.22. The molecular weight excluding hydrogens is 212 g/mol. The van der Waals surface area contributed by atoms with E-state index in [1.54, 1.807) is 0 Å². The van der Waals surface area contributed by atoms with Gasteiger partial charge in [0.1, 0.15) is 6.10 Å². The summed E-state index contributed by atoms with van der Waals surface area (Å²) in [4.78, 5) is 4.29. The van der Waals surface area contributed by atoms with E-state index in [0.717, 1.165) is 19.0 Å². The van der Waals surface area contributed by atoms with Crippen molar-refractivity contribution in [3.8, 4) is 5.88 Å². The summed E-state index contributed by atoms with van der Waals surface area (Å²) < 4.78 is 5.94. The van der Waals surface area contributed by atoms with Crippen molar-refractivity contribution < 1.29 is 4.74 Å². The van der Waals surface area contributed by atoms with Crippen LogP contribution in [0.3, 0.4) is 0 Å². The average molecular weight is 234 g/mol. The number of nitrogens with one attached hydrogen (secondary N) is 1. The van der Waals surface area contributed by atoms with E-state index in [4.69, 9.17) is 4.74 Å². The SMILES string of the molecule is CCNCc1ccnc(OC2CCCCC2)c1.